The number of nitrogens with zero attached hydrogens (tertiary/aromatic N) is 3. The maximum absolute atomic E-state index is 4.98. The summed E-state index contributed by atoms with van der Waals surface area (Å²) in [7, 11) is 1.91. The van der Waals surface area contributed by atoms with Gasteiger partial charge in [0, 0.05) is 25.6 Å². The molecule has 0 aliphatic rings. The van der Waals surface area contributed by atoms with Crippen LogP contribution >= 0.6 is 12.2 Å². The molecule has 2 aromatic rings. The van der Waals surface area contributed by atoms with E-state index in [2.05, 4.69) is 15.0 Å². The van der Waals surface area contributed by atoms with Crippen molar-refractivity contribution < 1.29 is 0 Å². The number of aromatic nitrogens is 4. The summed E-state index contributed by atoms with van der Waals surface area (Å²) in [6.45, 7) is 0. The molecule has 13 heavy (non-hydrogen) atoms. The molecule has 0 bridgehead atoms. The molecule has 0 radical (unpaired) electrons. The summed E-state index contributed by atoms with van der Waals surface area (Å²) in [5.41, 5.74) is 0. The van der Waals surface area contributed by atoms with Crippen LogP contribution in [-0.4, -0.2) is 19.5 Å². The number of aryl methyl sites for hydroxylation is 1. The normalized spacial score (nSPS) is 10.2. The van der Waals surface area contributed by atoms with Crippen molar-refractivity contribution in [2.24, 2.45) is 7.05 Å². The fraction of sp³-hybridized carbons (Fsp3) is 0.125. The topological polar surface area (TPSA) is 46.5 Å². The highest BCUT2D eigenvalue weighted by molar-refractivity contribution is 7.71. The van der Waals surface area contributed by atoms with Gasteiger partial charge in [-0.3, -0.25) is 0 Å². The van der Waals surface area contributed by atoms with Crippen molar-refractivity contribution in [1.82, 2.24) is 19.5 Å². The van der Waals surface area contributed by atoms with Crippen molar-refractivity contribution in [2.75, 3.05) is 0 Å². The highest BCUT2D eigenvalue weighted by Gasteiger charge is 2.03. The number of hydrogen-bond acceptors (Lipinski definition) is 3. The zero-order chi connectivity index (χ0) is 9.26. The van der Waals surface area contributed by atoms with Gasteiger partial charge in [-0.25, -0.2) is 9.97 Å². The maximum Gasteiger partial charge on any atom is 0.175 e. The molecule has 0 atom stereocenters. The first-order valence-electron chi connectivity index (χ1n) is 3.80. The molecule has 0 saturated carbocycles. The Balaban J connectivity index is 2.59. The Morgan fingerprint density at radius 1 is 1.38 bits per heavy atom. The zero-order valence-corrected chi connectivity index (χ0v) is 7.88. The van der Waals surface area contributed by atoms with Crippen molar-refractivity contribution >= 4 is 12.2 Å². The summed E-state index contributed by atoms with van der Waals surface area (Å²) in [4.78, 5) is 11.3. The van der Waals surface area contributed by atoms with Gasteiger partial charge >= 0.3 is 0 Å². The molecule has 1 N–H and O–H groups in total. The lowest BCUT2D eigenvalue weighted by atomic mass is 10.5. The maximum atomic E-state index is 4.98. The van der Waals surface area contributed by atoms with Gasteiger partial charge in [-0.15, -0.1) is 0 Å². The third-order valence-electron chi connectivity index (χ3n) is 1.70. The van der Waals surface area contributed by atoms with Crippen molar-refractivity contribution in [3.8, 4) is 11.6 Å². The first-order chi connectivity index (χ1) is 6.27. The second-order valence-corrected chi connectivity index (χ2v) is 3.08. The van der Waals surface area contributed by atoms with E-state index in [-0.39, 0.29) is 0 Å². The van der Waals surface area contributed by atoms with Crippen LogP contribution in [0.4, 0.5) is 0 Å². The van der Waals surface area contributed by atoms with Crippen molar-refractivity contribution in [3.05, 3.63) is 29.3 Å². The molecule has 2 rings (SSSR count). The molecular weight excluding hydrogens is 184 g/mol. The van der Waals surface area contributed by atoms with Crippen LogP contribution < -0.4 is 0 Å². The van der Waals surface area contributed by atoms with Crippen molar-refractivity contribution in [2.45, 2.75) is 0 Å². The monoisotopic (exact) mass is 192 g/mol. The van der Waals surface area contributed by atoms with E-state index in [1.165, 1.54) is 0 Å². The highest BCUT2D eigenvalue weighted by atomic mass is 32.1. The third-order valence-corrected chi connectivity index (χ3v) is 1.94. The Labute approximate surface area is 80.3 Å². The van der Waals surface area contributed by atoms with Gasteiger partial charge in [-0.05, 0) is 6.07 Å². The molecule has 0 aromatic carbocycles. The Bertz CT molecular complexity index is 471. The van der Waals surface area contributed by atoms with Crippen LogP contribution in [0.3, 0.4) is 0 Å². The van der Waals surface area contributed by atoms with Crippen LogP contribution in [0.15, 0.2) is 24.7 Å². The Kier molecular flexibility index (Phi) is 1.94. The lowest BCUT2D eigenvalue weighted by Gasteiger charge is -1.99. The summed E-state index contributed by atoms with van der Waals surface area (Å²) in [6.07, 6.45) is 5.25. The Hall–Kier alpha value is -1.49. The molecule has 0 aliphatic heterocycles. The minimum Gasteiger partial charge on any atom is -0.331 e. The molecule has 4 nitrogen and oxygen atoms in total. The van der Waals surface area contributed by atoms with Gasteiger partial charge in [0.1, 0.15) is 4.64 Å². The standard InChI is InChI=1S/C8H8N4S/c1-12-5-4-10-8(12)7-9-3-2-6(13)11-7/h2-5H,1H3,(H,9,11,13). The van der Waals surface area contributed by atoms with Crippen LogP contribution in [0, 0.1) is 4.64 Å². The minimum absolute atomic E-state index is 0.660. The molecule has 0 unspecified atom stereocenters. The first-order valence-corrected chi connectivity index (χ1v) is 4.21. The van der Waals surface area contributed by atoms with E-state index in [1.54, 1.807) is 18.5 Å². The third kappa shape index (κ3) is 1.50. The largest absolute Gasteiger partial charge is 0.331 e. The van der Waals surface area contributed by atoms with E-state index in [1.807, 2.05) is 17.8 Å². The van der Waals surface area contributed by atoms with E-state index in [0.29, 0.717) is 10.5 Å². The predicted molar refractivity (Wildman–Crippen MR) is 51.6 cm³/mol. The van der Waals surface area contributed by atoms with E-state index < -0.39 is 0 Å². The van der Waals surface area contributed by atoms with Gasteiger partial charge in [0.05, 0.1) is 0 Å². The molecule has 2 aromatic heterocycles. The number of H-pyrrole nitrogens is 1. The molecule has 5 heteroatoms. The lowest BCUT2D eigenvalue weighted by Crippen LogP contribution is -1.96. The van der Waals surface area contributed by atoms with Crippen LogP contribution in [0.1, 0.15) is 0 Å². The minimum atomic E-state index is 0.660. The van der Waals surface area contributed by atoms with Crippen molar-refractivity contribution in [1.29, 1.82) is 0 Å². The van der Waals surface area contributed by atoms with Crippen LogP contribution in [-0.2, 0) is 7.05 Å². The van der Waals surface area contributed by atoms with Crippen LogP contribution in [0.2, 0.25) is 0 Å². The summed E-state index contributed by atoms with van der Waals surface area (Å²) >= 11 is 4.98. The van der Waals surface area contributed by atoms with Gasteiger partial charge in [0.15, 0.2) is 11.6 Å². The van der Waals surface area contributed by atoms with Crippen LogP contribution in [0.5, 0.6) is 0 Å². The van der Waals surface area contributed by atoms with Crippen molar-refractivity contribution in [3.63, 3.8) is 0 Å². The van der Waals surface area contributed by atoms with Crippen LogP contribution in [0.25, 0.3) is 11.6 Å². The SMILES string of the molecule is Cn1ccnc1-c1nccc(=S)[nH]1. The summed E-state index contributed by atoms with van der Waals surface area (Å²) in [5.74, 6) is 1.48. The van der Waals surface area contributed by atoms with E-state index in [9.17, 15) is 0 Å². The fourth-order valence-electron chi connectivity index (χ4n) is 1.08. The second kappa shape index (κ2) is 3.10. The summed E-state index contributed by atoms with van der Waals surface area (Å²) in [5, 5.41) is 0. The Morgan fingerprint density at radius 2 is 2.23 bits per heavy atom. The van der Waals surface area contributed by atoms with E-state index >= 15 is 0 Å². The molecule has 66 valence electrons. The molecule has 0 amide bonds. The molecule has 0 aliphatic carbocycles. The van der Waals surface area contributed by atoms with Gasteiger partial charge in [-0.1, -0.05) is 12.2 Å². The number of aromatic amines is 1. The van der Waals surface area contributed by atoms with Gasteiger partial charge < -0.3 is 9.55 Å². The predicted octanol–water partition coefficient (Wildman–Crippen LogP) is 1.54. The summed E-state index contributed by atoms with van der Waals surface area (Å²) in [6, 6.07) is 1.74. The van der Waals surface area contributed by atoms with E-state index in [4.69, 9.17) is 12.2 Å². The molecule has 2 heterocycles. The smallest absolute Gasteiger partial charge is 0.175 e. The molecular formula is C8H8N4S. The fourth-order valence-corrected chi connectivity index (χ4v) is 1.24. The second-order valence-electron chi connectivity index (χ2n) is 2.64. The molecule has 0 spiro atoms. The van der Waals surface area contributed by atoms with Gasteiger partial charge in [-0.2, -0.15) is 0 Å². The number of rotatable bonds is 1. The quantitative estimate of drug-likeness (QED) is 0.697. The average Bonchev–Trinajstić information content (AvgIpc) is 2.51. The first kappa shape index (κ1) is 8.12. The average molecular weight is 192 g/mol. The Morgan fingerprint density at radius 3 is 2.85 bits per heavy atom. The highest BCUT2D eigenvalue weighted by Crippen LogP contribution is 2.08. The molecule has 0 fully saturated rings. The van der Waals surface area contributed by atoms with E-state index in [0.717, 1.165) is 5.82 Å². The number of hydrogen-bond donors (Lipinski definition) is 1. The van der Waals surface area contributed by atoms with Gasteiger partial charge in [0.25, 0.3) is 0 Å². The number of imidazole rings is 1. The zero-order valence-electron chi connectivity index (χ0n) is 7.06. The number of nitrogens with one attached hydrogen (secondary N) is 1. The summed E-state index contributed by atoms with van der Waals surface area (Å²) < 4.78 is 2.54. The van der Waals surface area contributed by atoms with Gasteiger partial charge in [0.2, 0.25) is 0 Å². The lowest BCUT2D eigenvalue weighted by molar-refractivity contribution is 0.905. The molecule has 0 saturated heterocycles.